The Morgan fingerprint density at radius 2 is 2.08 bits per heavy atom. The summed E-state index contributed by atoms with van der Waals surface area (Å²) in [6, 6.07) is 0. The number of nitrogens with one attached hydrogen (secondary N) is 1. The minimum atomic E-state index is -0.497. The third-order valence-electron chi connectivity index (χ3n) is 1.26. The van der Waals surface area contributed by atoms with Gasteiger partial charge in [0.2, 0.25) is 0 Å². The van der Waals surface area contributed by atoms with E-state index in [2.05, 4.69) is 5.32 Å². The fourth-order valence-electron chi connectivity index (χ4n) is 0.626. The highest BCUT2D eigenvalue weighted by molar-refractivity contribution is 5.67. The van der Waals surface area contributed by atoms with E-state index in [1.807, 2.05) is 0 Å². The third kappa shape index (κ3) is 7.56. The van der Waals surface area contributed by atoms with E-state index in [4.69, 9.17) is 4.74 Å². The average Bonchev–Trinajstić information content (AvgIpc) is 1.97. The molecular formula is C9H18FNO2. The molecule has 0 aromatic rings. The molecule has 0 rings (SSSR count). The molecule has 0 heterocycles. The smallest absolute Gasteiger partial charge is 0.407 e. The molecule has 3 nitrogen and oxygen atoms in total. The molecule has 0 spiro atoms. The van der Waals surface area contributed by atoms with Crippen LogP contribution in [0.5, 0.6) is 0 Å². The van der Waals surface area contributed by atoms with Gasteiger partial charge in [0.25, 0.3) is 0 Å². The van der Waals surface area contributed by atoms with Crippen LogP contribution in [0.15, 0.2) is 0 Å². The summed E-state index contributed by atoms with van der Waals surface area (Å²) >= 11 is 0. The van der Waals surface area contributed by atoms with Gasteiger partial charge >= 0.3 is 6.09 Å². The van der Waals surface area contributed by atoms with Crippen molar-refractivity contribution in [3.05, 3.63) is 0 Å². The van der Waals surface area contributed by atoms with Crippen LogP contribution in [0.25, 0.3) is 0 Å². The van der Waals surface area contributed by atoms with Gasteiger partial charge in [-0.2, -0.15) is 0 Å². The molecule has 0 aromatic heterocycles. The van der Waals surface area contributed by atoms with Crippen LogP contribution in [0.2, 0.25) is 0 Å². The second kappa shape index (κ2) is 5.04. The Kier molecular flexibility index (Phi) is 4.73. The van der Waals surface area contributed by atoms with Gasteiger partial charge in [-0.25, -0.2) is 4.79 Å². The number of hydrogen-bond acceptors (Lipinski definition) is 2. The first kappa shape index (κ1) is 12.2. The number of alkyl carbamates (subject to hydrolysis) is 1. The Morgan fingerprint density at radius 1 is 1.54 bits per heavy atom. The highest BCUT2D eigenvalue weighted by atomic mass is 19.1. The predicted octanol–water partition coefficient (Wildman–Crippen LogP) is 2.12. The summed E-state index contributed by atoms with van der Waals surface area (Å²) in [5.74, 6) is -0.160. The number of carbonyl (C=O) groups excluding carboxylic acids is 1. The predicted molar refractivity (Wildman–Crippen MR) is 49.4 cm³/mol. The maximum atomic E-state index is 12.0. The fourth-order valence-corrected chi connectivity index (χ4v) is 0.626. The van der Waals surface area contributed by atoms with E-state index in [-0.39, 0.29) is 5.92 Å². The highest BCUT2D eigenvalue weighted by Gasteiger charge is 2.16. The van der Waals surface area contributed by atoms with Crippen molar-refractivity contribution in [2.75, 3.05) is 13.2 Å². The SMILES string of the molecule is C[C@H](CF)CNC(=O)OC(C)(C)C. The summed E-state index contributed by atoms with van der Waals surface area (Å²) in [4.78, 5) is 11.0. The van der Waals surface area contributed by atoms with E-state index >= 15 is 0 Å². The van der Waals surface area contributed by atoms with Crippen LogP contribution < -0.4 is 5.32 Å². The van der Waals surface area contributed by atoms with Crippen LogP contribution >= 0.6 is 0 Å². The van der Waals surface area contributed by atoms with Gasteiger partial charge in [-0.3, -0.25) is 4.39 Å². The maximum Gasteiger partial charge on any atom is 0.407 e. The van der Waals surface area contributed by atoms with Gasteiger partial charge in [-0.15, -0.1) is 0 Å². The third-order valence-corrected chi connectivity index (χ3v) is 1.26. The second-order valence-electron chi connectivity index (χ2n) is 4.14. The number of hydrogen-bond donors (Lipinski definition) is 1. The van der Waals surface area contributed by atoms with Gasteiger partial charge in [0.1, 0.15) is 5.60 Å². The lowest BCUT2D eigenvalue weighted by atomic mass is 10.2. The van der Waals surface area contributed by atoms with Crippen molar-refractivity contribution >= 4 is 6.09 Å². The Bertz CT molecular complexity index is 165. The zero-order chi connectivity index (χ0) is 10.5. The molecule has 0 aromatic carbocycles. The van der Waals surface area contributed by atoms with E-state index in [9.17, 15) is 9.18 Å². The average molecular weight is 191 g/mol. The van der Waals surface area contributed by atoms with Crippen molar-refractivity contribution in [2.45, 2.75) is 33.3 Å². The lowest BCUT2D eigenvalue weighted by molar-refractivity contribution is 0.0518. The lowest BCUT2D eigenvalue weighted by Crippen LogP contribution is -2.35. The summed E-state index contributed by atoms with van der Waals surface area (Å²) in [5.41, 5.74) is -0.497. The summed E-state index contributed by atoms with van der Waals surface area (Å²) in [7, 11) is 0. The van der Waals surface area contributed by atoms with Crippen LogP contribution in [0.3, 0.4) is 0 Å². The first-order valence-electron chi connectivity index (χ1n) is 4.38. The number of ether oxygens (including phenoxy) is 1. The highest BCUT2D eigenvalue weighted by Crippen LogP contribution is 2.06. The molecule has 0 radical (unpaired) electrons. The van der Waals surface area contributed by atoms with Crippen LogP contribution in [0.1, 0.15) is 27.7 Å². The Hall–Kier alpha value is -0.800. The second-order valence-corrected chi connectivity index (χ2v) is 4.14. The maximum absolute atomic E-state index is 12.0. The molecule has 0 aliphatic rings. The Balaban J connectivity index is 3.64. The first-order valence-corrected chi connectivity index (χ1v) is 4.38. The molecule has 78 valence electrons. The molecule has 1 amide bonds. The van der Waals surface area contributed by atoms with Crippen LogP contribution in [-0.2, 0) is 4.74 Å². The number of carbonyl (C=O) groups is 1. The van der Waals surface area contributed by atoms with Crippen LogP contribution in [-0.4, -0.2) is 24.9 Å². The van der Waals surface area contributed by atoms with Gasteiger partial charge in [0, 0.05) is 12.5 Å². The first-order chi connectivity index (χ1) is 5.85. The Morgan fingerprint density at radius 3 is 2.46 bits per heavy atom. The van der Waals surface area contributed by atoms with E-state index in [0.717, 1.165) is 0 Å². The monoisotopic (exact) mass is 191 g/mol. The minimum absolute atomic E-state index is 0.160. The van der Waals surface area contributed by atoms with Crippen molar-refractivity contribution in [3.8, 4) is 0 Å². The largest absolute Gasteiger partial charge is 0.444 e. The van der Waals surface area contributed by atoms with E-state index in [1.54, 1.807) is 27.7 Å². The van der Waals surface area contributed by atoms with Crippen molar-refractivity contribution in [2.24, 2.45) is 5.92 Å². The van der Waals surface area contributed by atoms with E-state index < -0.39 is 18.4 Å². The standard InChI is InChI=1S/C9H18FNO2/c1-7(5-10)6-11-8(12)13-9(2,3)4/h7H,5-6H2,1-4H3,(H,11,12)/t7-/m1/s1. The zero-order valence-corrected chi connectivity index (χ0v) is 8.69. The minimum Gasteiger partial charge on any atom is -0.444 e. The number of rotatable bonds is 3. The molecule has 1 N–H and O–H groups in total. The fraction of sp³-hybridized carbons (Fsp3) is 0.889. The van der Waals surface area contributed by atoms with Gasteiger partial charge in [0.15, 0.2) is 0 Å². The Labute approximate surface area is 78.6 Å². The van der Waals surface area contributed by atoms with E-state index in [0.29, 0.717) is 6.54 Å². The lowest BCUT2D eigenvalue weighted by Gasteiger charge is -2.20. The summed E-state index contributed by atoms with van der Waals surface area (Å²) in [5, 5.41) is 2.49. The van der Waals surface area contributed by atoms with Gasteiger partial charge < -0.3 is 10.1 Å². The molecule has 0 aliphatic carbocycles. The van der Waals surface area contributed by atoms with Crippen LogP contribution in [0.4, 0.5) is 9.18 Å². The van der Waals surface area contributed by atoms with Crippen molar-refractivity contribution < 1.29 is 13.9 Å². The molecule has 0 saturated heterocycles. The molecule has 4 heteroatoms. The number of amides is 1. The zero-order valence-electron chi connectivity index (χ0n) is 8.69. The summed E-state index contributed by atoms with van der Waals surface area (Å²) in [6.07, 6.45) is -0.493. The van der Waals surface area contributed by atoms with Gasteiger partial charge in [-0.05, 0) is 20.8 Å². The van der Waals surface area contributed by atoms with Crippen LogP contribution in [0, 0.1) is 5.92 Å². The van der Waals surface area contributed by atoms with Crippen molar-refractivity contribution in [3.63, 3.8) is 0 Å². The molecule has 0 aliphatic heterocycles. The molecular weight excluding hydrogens is 173 g/mol. The normalized spacial score (nSPS) is 13.6. The topological polar surface area (TPSA) is 38.3 Å². The van der Waals surface area contributed by atoms with Gasteiger partial charge in [0.05, 0.1) is 6.67 Å². The molecule has 13 heavy (non-hydrogen) atoms. The molecule has 0 saturated carbocycles. The van der Waals surface area contributed by atoms with Gasteiger partial charge in [-0.1, -0.05) is 6.92 Å². The number of halogens is 1. The molecule has 0 bridgehead atoms. The van der Waals surface area contributed by atoms with E-state index in [1.165, 1.54) is 0 Å². The van der Waals surface area contributed by atoms with Crippen molar-refractivity contribution in [1.29, 1.82) is 0 Å². The number of alkyl halides is 1. The molecule has 0 unspecified atom stereocenters. The molecule has 1 atom stereocenters. The van der Waals surface area contributed by atoms with Crippen molar-refractivity contribution in [1.82, 2.24) is 5.32 Å². The summed E-state index contributed by atoms with van der Waals surface area (Å²) < 4.78 is 16.9. The molecule has 0 fully saturated rings. The quantitative estimate of drug-likeness (QED) is 0.742. The summed E-state index contributed by atoms with van der Waals surface area (Å²) in [6.45, 7) is 6.94.